The highest BCUT2D eigenvalue weighted by Crippen LogP contribution is 2.22. The van der Waals surface area contributed by atoms with Gasteiger partial charge in [0.25, 0.3) is 5.69 Å². The Morgan fingerprint density at radius 1 is 1.32 bits per heavy atom. The predicted octanol–water partition coefficient (Wildman–Crippen LogP) is 0.893. The van der Waals surface area contributed by atoms with Gasteiger partial charge in [0.2, 0.25) is 5.91 Å². The maximum atomic E-state index is 11.1. The van der Waals surface area contributed by atoms with E-state index >= 15 is 0 Å². The molecule has 19 heavy (non-hydrogen) atoms. The van der Waals surface area contributed by atoms with Crippen LogP contribution in [0.5, 0.6) is 0 Å². The molecule has 1 aromatic carbocycles. The topological polar surface area (TPSA) is 110 Å². The fourth-order valence-corrected chi connectivity index (χ4v) is 1.40. The maximum Gasteiger partial charge on any atom is 0.292 e. The van der Waals surface area contributed by atoms with Gasteiger partial charge in [-0.05, 0) is 6.07 Å². The smallest absolute Gasteiger partial charge is 0.292 e. The van der Waals surface area contributed by atoms with Gasteiger partial charge in [0, 0.05) is 32.1 Å². The van der Waals surface area contributed by atoms with E-state index in [1.165, 1.54) is 6.07 Å². The van der Waals surface area contributed by atoms with Crippen LogP contribution in [0.4, 0.5) is 11.4 Å². The zero-order valence-electron chi connectivity index (χ0n) is 10.3. The second-order valence-corrected chi connectivity index (χ2v) is 3.59. The number of hydrogen-bond acceptors (Lipinski definition) is 5. The summed E-state index contributed by atoms with van der Waals surface area (Å²) in [5.41, 5.74) is 5.69. The van der Waals surface area contributed by atoms with E-state index in [4.69, 9.17) is 5.73 Å². The highest BCUT2D eigenvalue weighted by Gasteiger charge is 2.11. The van der Waals surface area contributed by atoms with E-state index in [1.807, 2.05) is 0 Å². The molecule has 0 spiro atoms. The molecule has 8 heteroatoms. The SMILES string of the molecule is Cl.NCCC(=O)NCCNc1ccccc1[N+](=O)[O-]. The van der Waals surface area contributed by atoms with Crippen molar-refractivity contribution in [3.63, 3.8) is 0 Å². The number of para-hydroxylation sites is 2. The molecule has 0 saturated carbocycles. The van der Waals surface area contributed by atoms with Gasteiger partial charge in [-0.15, -0.1) is 12.4 Å². The molecule has 0 bridgehead atoms. The predicted molar refractivity (Wildman–Crippen MR) is 75.5 cm³/mol. The first-order chi connectivity index (χ1) is 8.65. The number of nitrogens with two attached hydrogens (primary N) is 1. The molecule has 0 aliphatic carbocycles. The van der Waals surface area contributed by atoms with Crippen LogP contribution in [0.2, 0.25) is 0 Å². The number of nitrogens with one attached hydrogen (secondary N) is 2. The largest absolute Gasteiger partial charge is 0.378 e. The third kappa shape index (κ3) is 6.03. The highest BCUT2D eigenvalue weighted by atomic mass is 35.5. The Morgan fingerprint density at radius 3 is 2.63 bits per heavy atom. The zero-order valence-corrected chi connectivity index (χ0v) is 11.1. The molecule has 106 valence electrons. The molecule has 1 amide bonds. The van der Waals surface area contributed by atoms with Gasteiger partial charge in [0.15, 0.2) is 0 Å². The molecule has 0 heterocycles. The summed E-state index contributed by atoms with van der Waals surface area (Å²) < 4.78 is 0. The van der Waals surface area contributed by atoms with Gasteiger partial charge >= 0.3 is 0 Å². The lowest BCUT2D eigenvalue weighted by atomic mass is 10.2. The number of rotatable bonds is 7. The number of halogens is 1. The van der Waals surface area contributed by atoms with Crippen molar-refractivity contribution < 1.29 is 9.72 Å². The van der Waals surface area contributed by atoms with Gasteiger partial charge in [-0.2, -0.15) is 0 Å². The minimum absolute atomic E-state index is 0. The van der Waals surface area contributed by atoms with E-state index in [0.717, 1.165) is 0 Å². The van der Waals surface area contributed by atoms with Crippen molar-refractivity contribution in [1.82, 2.24) is 5.32 Å². The minimum Gasteiger partial charge on any atom is -0.378 e. The van der Waals surface area contributed by atoms with Crippen LogP contribution in [0.3, 0.4) is 0 Å². The van der Waals surface area contributed by atoms with Crippen LogP contribution >= 0.6 is 12.4 Å². The summed E-state index contributed by atoms with van der Waals surface area (Å²) in [4.78, 5) is 21.4. The van der Waals surface area contributed by atoms with E-state index in [1.54, 1.807) is 18.2 Å². The maximum absolute atomic E-state index is 11.1. The molecule has 0 aliphatic heterocycles. The van der Waals surface area contributed by atoms with Crippen LogP contribution in [-0.4, -0.2) is 30.5 Å². The number of nitrogens with zero attached hydrogens (tertiary/aromatic N) is 1. The number of amides is 1. The van der Waals surface area contributed by atoms with Crippen LogP contribution in [0.25, 0.3) is 0 Å². The van der Waals surface area contributed by atoms with Crippen LogP contribution < -0.4 is 16.4 Å². The van der Waals surface area contributed by atoms with Crippen molar-refractivity contribution in [3.05, 3.63) is 34.4 Å². The molecular formula is C11H17ClN4O3. The van der Waals surface area contributed by atoms with Crippen molar-refractivity contribution in [1.29, 1.82) is 0 Å². The summed E-state index contributed by atoms with van der Waals surface area (Å²) >= 11 is 0. The first-order valence-corrected chi connectivity index (χ1v) is 5.59. The number of benzene rings is 1. The average Bonchev–Trinajstić information content (AvgIpc) is 2.35. The number of nitro groups is 1. The summed E-state index contributed by atoms with van der Waals surface area (Å²) in [6, 6.07) is 6.36. The number of carbonyl (C=O) groups excluding carboxylic acids is 1. The summed E-state index contributed by atoms with van der Waals surface area (Å²) in [5, 5.41) is 16.3. The summed E-state index contributed by atoms with van der Waals surface area (Å²) in [6.07, 6.45) is 0.283. The van der Waals surface area contributed by atoms with Crippen molar-refractivity contribution in [3.8, 4) is 0 Å². The normalized spacial score (nSPS) is 9.32. The fraction of sp³-hybridized carbons (Fsp3) is 0.364. The van der Waals surface area contributed by atoms with Gasteiger partial charge < -0.3 is 16.4 Å². The van der Waals surface area contributed by atoms with Crippen LogP contribution in [0.15, 0.2) is 24.3 Å². The molecule has 0 fully saturated rings. The van der Waals surface area contributed by atoms with E-state index in [0.29, 0.717) is 25.3 Å². The molecule has 7 nitrogen and oxygen atoms in total. The molecule has 0 saturated heterocycles. The van der Waals surface area contributed by atoms with Crippen molar-refractivity contribution in [2.75, 3.05) is 25.0 Å². The van der Waals surface area contributed by atoms with Crippen LogP contribution in [0, 0.1) is 10.1 Å². The molecule has 4 N–H and O–H groups in total. The standard InChI is InChI=1S/C11H16N4O3.ClH/c12-6-5-11(16)14-8-7-13-9-3-1-2-4-10(9)15(17)18;/h1-4,13H,5-8,12H2,(H,14,16);1H. The fourth-order valence-electron chi connectivity index (χ4n) is 1.40. The molecule has 0 aromatic heterocycles. The third-order valence-electron chi connectivity index (χ3n) is 2.23. The molecule has 0 atom stereocenters. The Hall–Kier alpha value is -1.86. The van der Waals surface area contributed by atoms with E-state index in [9.17, 15) is 14.9 Å². The Kier molecular flexibility index (Phi) is 8.23. The van der Waals surface area contributed by atoms with E-state index in [2.05, 4.69) is 10.6 Å². The van der Waals surface area contributed by atoms with Crippen LogP contribution in [-0.2, 0) is 4.79 Å². The second kappa shape index (κ2) is 9.12. The lowest BCUT2D eigenvalue weighted by Gasteiger charge is -2.07. The number of carbonyl (C=O) groups is 1. The van der Waals surface area contributed by atoms with E-state index in [-0.39, 0.29) is 30.4 Å². The second-order valence-electron chi connectivity index (χ2n) is 3.59. The molecular weight excluding hydrogens is 272 g/mol. The van der Waals surface area contributed by atoms with Gasteiger partial charge in [-0.3, -0.25) is 14.9 Å². The lowest BCUT2D eigenvalue weighted by Crippen LogP contribution is -2.30. The number of anilines is 1. The van der Waals surface area contributed by atoms with Gasteiger partial charge in [-0.1, -0.05) is 12.1 Å². The summed E-state index contributed by atoms with van der Waals surface area (Å²) in [6.45, 7) is 1.12. The Morgan fingerprint density at radius 2 is 2.00 bits per heavy atom. The zero-order chi connectivity index (χ0) is 13.4. The summed E-state index contributed by atoms with van der Waals surface area (Å²) in [7, 11) is 0. The van der Waals surface area contributed by atoms with Crippen molar-refractivity contribution >= 4 is 29.7 Å². The lowest BCUT2D eigenvalue weighted by molar-refractivity contribution is -0.384. The van der Waals surface area contributed by atoms with Crippen molar-refractivity contribution in [2.45, 2.75) is 6.42 Å². The van der Waals surface area contributed by atoms with Crippen molar-refractivity contribution in [2.24, 2.45) is 5.73 Å². The average molecular weight is 289 g/mol. The van der Waals surface area contributed by atoms with Gasteiger partial charge in [0.05, 0.1) is 4.92 Å². The van der Waals surface area contributed by atoms with Gasteiger partial charge in [-0.25, -0.2) is 0 Å². The highest BCUT2D eigenvalue weighted by molar-refractivity contribution is 5.85. The van der Waals surface area contributed by atoms with Gasteiger partial charge in [0.1, 0.15) is 5.69 Å². The monoisotopic (exact) mass is 288 g/mol. The Bertz CT molecular complexity index is 428. The molecule has 0 radical (unpaired) electrons. The first kappa shape index (κ1) is 17.1. The third-order valence-corrected chi connectivity index (χ3v) is 2.23. The number of hydrogen-bond donors (Lipinski definition) is 3. The van der Waals surface area contributed by atoms with Crippen LogP contribution in [0.1, 0.15) is 6.42 Å². The quantitative estimate of drug-likeness (QED) is 0.392. The molecule has 0 unspecified atom stereocenters. The molecule has 0 aliphatic rings. The Labute approximate surface area is 117 Å². The first-order valence-electron chi connectivity index (χ1n) is 5.59. The summed E-state index contributed by atoms with van der Waals surface area (Å²) in [5.74, 6) is -0.123. The molecule has 1 rings (SSSR count). The Balaban J connectivity index is 0.00000324. The minimum atomic E-state index is -0.449. The molecule has 1 aromatic rings. The number of nitro benzene ring substituents is 1. The van der Waals surface area contributed by atoms with E-state index < -0.39 is 4.92 Å².